The SMILES string of the molecule is CC/C=C\C/C=C\C/C=C\C/C=C\C/C=C\CCCC(=O)OC(COCCCCCCCCCCCCCCCC/C=C\CCCCCCCCCC)COP(=O)([O-])OCC[N+](C)(C)C. The summed E-state index contributed by atoms with van der Waals surface area (Å²) in [7, 11) is 1.32. The van der Waals surface area contributed by atoms with Crippen molar-refractivity contribution in [2.24, 2.45) is 0 Å². The molecule has 0 fully saturated rings. The summed E-state index contributed by atoms with van der Waals surface area (Å²) in [4.78, 5) is 25.1. The molecule has 0 aliphatic carbocycles. The Morgan fingerprint density at radius 3 is 1.35 bits per heavy atom. The number of carbonyl (C=O) groups is 1. The average molecular weight is 932 g/mol. The normalized spacial score (nSPS) is 14.1. The van der Waals surface area contributed by atoms with Crippen LogP contribution in [0.5, 0.6) is 0 Å². The Balaban J connectivity index is 4.13. The van der Waals surface area contributed by atoms with Crippen molar-refractivity contribution in [1.82, 2.24) is 0 Å². The number of phosphoric acid groups is 1. The second-order valence-corrected chi connectivity index (χ2v) is 20.3. The maximum atomic E-state index is 12.7. The largest absolute Gasteiger partial charge is 0.756 e. The minimum absolute atomic E-state index is 0.0130. The Kier molecular flexibility index (Phi) is 46.9. The van der Waals surface area contributed by atoms with Crippen LogP contribution in [-0.2, 0) is 27.9 Å². The molecule has 0 bridgehead atoms. The number of rotatable bonds is 49. The van der Waals surface area contributed by atoms with Crippen LogP contribution in [0, 0.1) is 0 Å². The van der Waals surface area contributed by atoms with Crippen LogP contribution in [0.3, 0.4) is 0 Å². The van der Waals surface area contributed by atoms with E-state index in [1.807, 2.05) is 21.1 Å². The molecule has 0 aliphatic rings. The maximum absolute atomic E-state index is 12.7. The van der Waals surface area contributed by atoms with Crippen molar-refractivity contribution in [2.45, 2.75) is 225 Å². The van der Waals surface area contributed by atoms with Crippen LogP contribution in [0.4, 0.5) is 0 Å². The van der Waals surface area contributed by atoms with Gasteiger partial charge in [0.25, 0.3) is 7.82 Å². The average Bonchev–Trinajstić information content (AvgIpc) is 3.27. The minimum atomic E-state index is -4.55. The van der Waals surface area contributed by atoms with E-state index < -0.39 is 13.9 Å². The van der Waals surface area contributed by atoms with Crippen molar-refractivity contribution < 1.29 is 37.3 Å². The van der Waals surface area contributed by atoms with Crippen molar-refractivity contribution in [3.63, 3.8) is 0 Å². The summed E-state index contributed by atoms with van der Waals surface area (Å²) in [5.74, 6) is -0.390. The number of hydrogen-bond donors (Lipinski definition) is 0. The first-order chi connectivity index (χ1) is 31.6. The maximum Gasteiger partial charge on any atom is 0.306 e. The number of ether oxygens (including phenoxy) is 2. The fourth-order valence-corrected chi connectivity index (χ4v) is 7.89. The van der Waals surface area contributed by atoms with Gasteiger partial charge in [-0.3, -0.25) is 9.36 Å². The quantitative estimate of drug-likeness (QED) is 0.0197. The van der Waals surface area contributed by atoms with E-state index in [1.165, 1.54) is 141 Å². The van der Waals surface area contributed by atoms with E-state index in [2.05, 4.69) is 86.8 Å². The highest BCUT2D eigenvalue weighted by molar-refractivity contribution is 7.45. The molecule has 378 valence electrons. The summed E-state index contributed by atoms with van der Waals surface area (Å²) in [6, 6.07) is 0. The lowest BCUT2D eigenvalue weighted by Crippen LogP contribution is -2.37. The summed E-state index contributed by atoms with van der Waals surface area (Å²) >= 11 is 0. The summed E-state index contributed by atoms with van der Waals surface area (Å²) in [6.45, 7) is 5.23. The molecule has 0 saturated heterocycles. The Hall–Kier alpha value is -2.06. The molecule has 0 spiro atoms. The van der Waals surface area contributed by atoms with Crippen molar-refractivity contribution in [2.75, 3.05) is 54.1 Å². The summed E-state index contributed by atoms with van der Waals surface area (Å²) in [5.41, 5.74) is 0. The summed E-state index contributed by atoms with van der Waals surface area (Å²) in [6.07, 6.45) is 63.8. The Morgan fingerprint density at radius 1 is 0.492 bits per heavy atom. The van der Waals surface area contributed by atoms with E-state index in [-0.39, 0.29) is 32.2 Å². The van der Waals surface area contributed by atoms with Gasteiger partial charge in [-0.25, -0.2) is 0 Å². The van der Waals surface area contributed by atoms with Crippen LogP contribution in [-0.4, -0.2) is 70.7 Å². The second kappa shape index (κ2) is 48.4. The van der Waals surface area contributed by atoms with Gasteiger partial charge < -0.3 is 27.9 Å². The molecule has 0 aliphatic heterocycles. The van der Waals surface area contributed by atoms with Crippen LogP contribution in [0.1, 0.15) is 219 Å². The molecule has 65 heavy (non-hydrogen) atoms. The van der Waals surface area contributed by atoms with Gasteiger partial charge in [-0.15, -0.1) is 0 Å². The third-order valence-electron chi connectivity index (χ3n) is 11.2. The van der Waals surface area contributed by atoms with E-state index in [1.54, 1.807) is 0 Å². The molecule has 0 rings (SSSR count). The predicted octanol–water partition coefficient (Wildman–Crippen LogP) is 16.0. The van der Waals surface area contributed by atoms with Crippen molar-refractivity contribution in [1.29, 1.82) is 0 Å². The van der Waals surface area contributed by atoms with Gasteiger partial charge in [0.05, 0.1) is 34.4 Å². The van der Waals surface area contributed by atoms with E-state index in [4.69, 9.17) is 18.5 Å². The first-order valence-electron chi connectivity index (χ1n) is 26.7. The number of hydrogen-bond acceptors (Lipinski definition) is 7. The number of allylic oxidation sites excluding steroid dienone is 12. The third-order valence-corrected chi connectivity index (χ3v) is 12.2. The molecular formula is C56H102NO7P. The number of likely N-dealkylation sites (N-methyl/N-ethyl adjacent to an activating group) is 1. The molecule has 0 amide bonds. The highest BCUT2D eigenvalue weighted by Gasteiger charge is 2.20. The molecule has 0 saturated carbocycles. The zero-order chi connectivity index (χ0) is 47.6. The molecule has 0 heterocycles. The van der Waals surface area contributed by atoms with Crippen molar-refractivity contribution in [3.8, 4) is 0 Å². The molecular weight excluding hydrogens is 830 g/mol. The molecule has 0 aromatic heterocycles. The second-order valence-electron chi connectivity index (χ2n) is 18.9. The van der Waals surface area contributed by atoms with E-state index in [9.17, 15) is 14.3 Å². The fraction of sp³-hybridized carbons (Fsp3) is 0.768. The Bertz CT molecular complexity index is 1270. The fourth-order valence-electron chi connectivity index (χ4n) is 7.17. The van der Waals surface area contributed by atoms with Crippen LogP contribution in [0.2, 0.25) is 0 Å². The van der Waals surface area contributed by atoms with Gasteiger partial charge in [-0.05, 0) is 77.0 Å². The minimum Gasteiger partial charge on any atom is -0.756 e. The van der Waals surface area contributed by atoms with Crippen molar-refractivity contribution >= 4 is 13.8 Å². The zero-order valence-corrected chi connectivity index (χ0v) is 43.8. The first kappa shape index (κ1) is 62.9. The van der Waals surface area contributed by atoms with Crippen LogP contribution in [0.25, 0.3) is 0 Å². The molecule has 0 N–H and O–H groups in total. The number of unbranched alkanes of at least 4 members (excludes halogenated alkanes) is 23. The standard InChI is InChI=1S/C56H102NO7P/c1-6-8-10-12-14-16-18-20-22-24-25-26-27-28-29-30-31-32-34-36-38-40-42-44-46-48-51-61-53-55(54-63-65(59,60)62-52-50-57(3,4)5)64-56(58)49-47-45-43-41-39-37-35-33-23-21-19-17-15-13-11-9-7-2/h9,11,15,17,21,23-25,35,37,41,43,55H,6-8,10,12-14,16,18-20,22,26-34,36,38-40,42,44-54H2,1-5H3/b11-9-,17-15-,23-21-,25-24-,37-35-,43-41-. The lowest BCUT2D eigenvalue weighted by atomic mass is 10.0. The van der Waals surface area contributed by atoms with Gasteiger partial charge >= 0.3 is 5.97 Å². The number of esters is 1. The highest BCUT2D eigenvalue weighted by atomic mass is 31.2. The molecule has 8 nitrogen and oxygen atoms in total. The van der Waals surface area contributed by atoms with Gasteiger partial charge in [0.15, 0.2) is 0 Å². The topological polar surface area (TPSA) is 94.1 Å². The number of quaternary nitrogens is 1. The smallest absolute Gasteiger partial charge is 0.306 e. The number of nitrogens with zero attached hydrogens (tertiary/aromatic N) is 1. The first-order valence-corrected chi connectivity index (χ1v) is 28.1. The molecule has 2 atom stereocenters. The van der Waals surface area contributed by atoms with E-state index in [0.29, 0.717) is 24.1 Å². The summed E-state index contributed by atoms with van der Waals surface area (Å²) < 4.78 is 34.7. The lowest BCUT2D eigenvalue weighted by Gasteiger charge is -2.28. The van der Waals surface area contributed by atoms with Gasteiger partial charge in [-0.2, -0.15) is 0 Å². The van der Waals surface area contributed by atoms with Crippen LogP contribution < -0.4 is 4.89 Å². The molecule has 0 aromatic carbocycles. The van der Waals surface area contributed by atoms with Gasteiger partial charge in [0.2, 0.25) is 0 Å². The van der Waals surface area contributed by atoms with E-state index in [0.717, 1.165) is 51.4 Å². The molecule has 2 unspecified atom stereocenters. The molecule has 0 radical (unpaired) electrons. The number of phosphoric ester groups is 1. The lowest BCUT2D eigenvalue weighted by molar-refractivity contribution is -0.870. The molecule has 9 heteroatoms. The van der Waals surface area contributed by atoms with Gasteiger partial charge in [0.1, 0.15) is 19.3 Å². The van der Waals surface area contributed by atoms with E-state index >= 15 is 0 Å². The van der Waals surface area contributed by atoms with Crippen LogP contribution in [0.15, 0.2) is 72.9 Å². The van der Waals surface area contributed by atoms with Crippen molar-refractivity contribution in [3.05, 3.63) is 72.9 Å². The van der Waals surface area contributed by atoms with Gasteiger partial charge in [-0.1, -0.05) is 209 Å². The monoisotopic (exact) mass is 932 g/mol. The summed E-state index contributed by atoms with van der Waals surface area (Å²) in [5, 5.41) is 0. The van der Waals surface area contributed by atoms with Crippen LogP contribution >= 0.6 is 7.82 Å². The Labute approximate surface area is 402 Å². The highest BCUT2D eigenvalue weighted by Crippen LogP contribution is 2.38. The Morgan fingerprint density at radius 2 is 0.892 bits per heavy atom. The number of carbonyl (C=O) groups excluding carboxylic acids is 1. The van der Waals surface area contributed by atoms with Gasteiger partial charge in [0, 0.05) is 13.0 Å². The third kappa shape index (κ3) is 52.8. The molecule has 0 aromatic rings. The zero-order valence-electron chi connectivity index (χ0n) is 42.9. The predicted molar refractivity (Wildman–Crippen MR) is 277 cm³/mol.